The zero-order valence-corrected chi connectivity index (χ0v) is 8.65. The molecule has 1 amide bonds. The average Bonchev–Trinajstić information content (AvgIpc) is 2.52. The van der Waals surface area contributed by atoms with Gasteiger partial charge in [0.1, 0.15) is 13.2 Å². The van der Waals surface area contributed by atoms with E-state index in [2.05, 4.69) is 0 Å². The van der Waals surface area contributed by atoms with E-state index in [1.807, 2.05) is 0 Å². The minimum absolute atomic E-state index is 0.386. The van der Waals surface area contributed by atoms with Gasteiger partial charge >= 0.3 is 0 Å². The van der Waals surface area contributed by atoms with E-state index in [-0.39, 0.29) is 0 Å². The van der Waals surface area contributed by atoms with Gasteiger partial charge in [-0.25, -0.2) is 0 Å². The molecule has 0 fully saturated rings. The van der Waals surface area contributed by atoms with Crippen LogP contribution in [0.1, 0.15) is 10.4 Å². The van der Waals surface area contributed by atoms with Gasteiger partial charge in [-0.1, -0.05) is 0 Å². The van der Waals surface area contributed by atoms with Crippen molar-refractivity contribution in [2.45, 2.75) is 0 Å². The molecule has 1 aromatic rings. The maximum absolute atomic E-state index is 11.6. The molecule has 0 bridgehead atoms. The second-order valence-electron chi connectivity index (χ2n) is 3.71. The van der Waals surface area contributed by atoms with Gasteiger partial charge in [0, 0.05) is 13.1 Å². The Morgan fingerprint density at radius 1 is 1.12 bits per heavy atom. The second kappa shape index (κ2) is 2.98. The molecule has 0 atom stereocenters. The number of fused-ring (bicyclic) bond motifs is 2. The van der Waals surface area contributed by atoms with Gasteiger partial charge in [-0.05, 0) is 6.07 Å². The van der Waals surface area contributed by atoms with E-state index in [4.69, 9.17) is 9.47 Å². The third kappa shape index (κ3) is 1.05. The van der Waals surface area contributed by atoms with Crippen LogP contribution in [-0.2, 0) is 4.79 Å². The summed E-state index contributed by atoms with van der Waals surface area (Å²) in [5.41, 5.74) is 0.969. The zero-order chi connectivity index (χ0) is 11.3. The van der Waals surface area contributed by atoms with Crippen molar-refractivity contribution in [1.29, 1.82) is 0 Å². The molecular formula is C11H9NO4. The van der Waals surface area contributed by atoms with E-state index in [0.717, 1.165) is 0 Å². The standard InChI is InChI=1S/C11H9NO4/c1-12-7-5-9-8(15-2-3-16-9)4-6(7)10(13)11(12)14/h4-5H,2-3H2,1H3. The van der Waals surface area contributed by atoms with Crippen LogP contribution in [0.15, 0.2) is 12.1 Å². The van der Waals surface area contributed by atoms with Crippen molar-refractivity contribution in [3.63, 3.8) is 0 Å². The Labute approximate surface area is 91.6 Å². The first kappa shape index (κ1) is 9.21. The summed E-state index contributed by atoms with van der Waals surface area (Å²) < 4.78 is 10.8. The first-order valence-electron chi connectivity index (χ1n) is 4.94. The molecule has 16 heavy (non-hydrogen) atoms. The Morgan fingerprint density at radius 2 is 1.75 bits per heavy atom. The van der Waals surface area contributed by atoms with Crippen molar-refractivity contribution >= 4 is 17.4 Å². The predicted molar refractivity (Wildman–Crippen MR) is 55.2 cm³/mol. The lowest BCUT2D eigenvalue weighted by Gasteiger charge is -2.19. The molecule has 2 aliphatic rings. The molecule has 3 rings (SSSR count). The average molecular weight is 219 g/mol. The highest BCUT2D eigenvalue weighted by molar-refractivity contribution is 6.52. The van der Waals surface area contributed by atoms with E-state index in [0.29, 0.717) is 36.0 Å². The fraction of sp³-hybridized carbons (Fsp3) is 0.273. The highest BCUT2D eigenvalue weighted by Gasteiger charge is 2.35. The van der Waals surface area contributed by atoms with Crippen LogP contribution in [0.25, 0.3) is 0 Å². The number of ketones is 1. The number of rotatable bonds is 0. The number of hydrogen-bond acceptors (Lipinski definition) is 4. The van der Waals surface area contributed by atoms with Gasteiger partial charge in [0.15, 0.2) is 11.5 Å². The third-order valence-electron chi connectivity index (χ3n) is 2.77. The fourth-order valence-electron chi connectivity index (χ4n) is 1.91. The lowest BCUT2D eigenvalue weighted by molar-refractivity contribution is -0.114. The summed E-state index contributed by atoms with van der Waals surface area (Å²) in [7, 11) is 1.57. The molecule has 0 spiro atoms. The Kier molecular flexibility index (Phi) is 1.71. The SMILES string of the molecule is CN1C(=O)C(=O)c2cc3c(cc21)OCCO3. The molecule has 0 N–H and O–H groups in total. The monoisotopic (exact) mass is 219 g/mol. The van der Waals surface area contributed by atoms with Gasteiger partial charge < -0.3 is 14.4 Å². The number of Topliss-reactive ketones (excluding diaryl/α,β-unsaturated/α-hetero) is 1. The normalized spacial score (nSPS) is 17.7. The number of anilines is 1. The Morgan fingerprint density at radius 3 is 2.44 bits per heavy atom. The quantitative estimate of drug-likeness (QED) is 0.600. The minimum atomic E-state index is -0.516. The second-order valence-corrected chi connectivity index (χ2v) is 3.71. The van der Waals surface area contributed by atoms with Gasteiger partial charge in [0.2, 0.25) is 0 Å². The van der Waals surface area contributed by atoms with E-state index in [9.17, 15) is 9.59 Å². The Balaban J connectivity index is 2.20. The topological polar surface area (TPSA) is 55.8 Å². The molecule has 2 heterocycles. The van der Waals surface area contributed by atoms with Gasteiger partial charge in [0.25, 0.3) is 11.7 Å². The van der Waals surface area contributed by atoms with Crippen LogP contribution in [0.5, 0.6) is 11.5 Å². The number of ether oxygens (including phenoxy) is 2. The zero-order valence-electron chi connectivity index (χ0n) is 8.65. The van der Waals surface area contributed by atoms with Crippen LogP contribution in [0.3, 0.4) is 0 Å². The summed E-state index contributed by atoms with van der Waals surface area (Å²) in [6.07, 6.45) is 0. The molecule has 82 valence electrons. The summed E-state index contributed by atoms with van der Waals surface area (Å²) in [6, 6.07) is 3.25. The maximum atomic E-state index is 11.6. The predicted octanol–water partition coefficient (Wildman–Crippen LogP) is 0.617. The smallest absolute Gasteiger partial charge is 0.299 e. The molecule has 5 heteroatoms. The molecule has 0 saturated carbocycles. The summed E-state index contributed by atoms with van der Waals surface area (Å²) in [4.78, 5) is 24.4. The molecule has 0 aromatic heterocycles. The molecule has 0 unspecified atom stereocenters. The van der Waals surface area contributed by atoms with Gasteiger partial charge in [-0.2, -0.15) is 0 Å². The molecule has 0 aliphatic carbocycles. The molecular weight excluding hydrogens is 210 g/mol. The van der Waals surface area contributed by atoms with Crippen molar-refractivity contribution in [2.75, 3.05) is 25.2 Å². The Bertz CT molecular complexity index is 509. The number of amides is 1. The van der Waals surface area contributed by atoms with Crippen LogP contribution in [0.4, 0.5) is 5.69 Å². The van der Waals surface area contributed by atoms with Crippen LogP contribution < -0.4 is 14.4 Å². The minimum Gasteiger partial charge on any atom is -0.486 e. The number of carbonyl (C=O) groups is 2. The van der Waals surface area contributed by atoms with Crippen LogP contribution in [-0.4, -0.2) is 32.0 Å². The molecule has 0 saturated heterocycles. The van der Waals surface area contributed by atoms with E-state index in [1.54, 1.807) is 19.2 Å². The van der Waals surface area contributed by atoms with Gasteiger partial charge in [0.05, 0.1) is 11.3 Å². The number of hydrogen-bond donors (Lipinski definition) is 0. The lowest BCUT2D eigenvalue weighted by atomic mass is 10.1. The molecule has 2 aliphatic heterocycles. The van der Waals surface area contributed by atoms with Crippen molar-refractivity contribution < 1.29 is 19.1 Å². The van der Waals surface area contributed by atoms with Crippen LogP contribution in [0.2, 0.25) is 0 Å². The first-order valence-corrected chi connectivity index (χ1v) is 4.94. The summed E-state index contributed by atoms with van der Waals surface area (Å²) in [5, 5.41) is 0. The van der Waals surface area contributed by atoms with Crippen molar-refractivity contribution in [1.82, 2.24) is 0 Å². The highest BCUT2D eigenvalue weighted by Crippen LogP contribution is 2.39. The van der Waals surface area contributed by atoms with Gasteiger partial charge in [-0.3, -0.25) is 9.59 Å². The van der Waals surface area contributed by atoms with Gasteiger partial charge in [-0.15, -0.1) is 0 Å². The largest absolute Gasteiger partial charge is 0.486 e. The van der Waals surface area contributed by atoms with E-state index in [1.165, 1.54) is 4.90 Å². The number of likely N-dealkylation sites (N-methyl/N-ethyl adjacent to an activating group) is 1. The summed E-state index contributed by atoms with van der Waals surface area (Å²) in [6.45, 7) is 0.946. The Hall–Kier alpha value is -2.04. The van der Waals surface area contributed by atoms with Crippen LogP contribution >= 0.6 is 0 Å². The van der Waals surface area contributed by atoms with Crippen molar-refractivity contribution in [3.05, 3.63) is 17.7 Å². The summed E-state index contributed by atoms with van der Waals surface area (Å²) >= 11 is 0. The summed E-state index contributed by atoms with van der Waals surface area (Å²) in [5.74, 6) is 0.104. The number of carbonyl (C=O) groups excluding carboxylic acids is 2. The first-order chi connectivity index (χ1) is 7.68. The maximum Gasteiger partial charge on any atom is 0.299 e. The fourth-order valence-corrected chi connectivity index (χ4v) is 1.91. The molecule has 5 nitrogen and oxygen atoms in total. The molecule has 0 radical (unpaired) electrons. The van der Waals surface area contributed by atoms with Crippen molar-refractivity contribution in [3.8, 4) is 11.5 Å². The molecule has 1 aromatic carbocycles. The van der Waals surface area contributed by atoms with E-state index < -0.39 is 11.7 Å². The van der Waals surface area contributed by atoms with E-state index >= 15 is 0 Å². The van der Waals surface area contributed by atoms with Crippen LogP contribution in [0, 0.1) is 0 Å². The lowest BCUT2D eigenvalue weighted by Crippen LogP contribution is -2.24. The highest BCUT2D eigenvalue weighted by atomic mass is 16.6. The number of benzene rings is 1. The number of nitrogens with zero attached hydrogens (tertiary/aromatic N) is 1. The van der Waals surface area contributed by atoms with Crippen molar-refractivity contribution in [2.24, 2.45) is 0 Å². The third-order valence-corrected chi connectivity index (χ3v) is 2.77.